The van der Waals surface area contributed by atoms with Crippen LogP contribution in [0.2, 0.25) is 0 Å². The quantitative estimate of drug-likeness (QED) is 0.710. The van der Waals surface area contributed by atoms with Crippen LogP contribution in [0.3, 0.4) is 0 Å². The molecule has 2 fully saturated rings. The zero-order valence-electron chi connectivity index (χ0n) is 8.35. The van der Waals surface area contributed by atoms with Gasteiger partial charge < -0.3 is 14.6 Å². The first-order valence-corrected chi connectivity index (χ1v) is 5.24. The molecule has 1 N–H and O–H groups in total. The van der Waals surface area contributed by atoms with Gasteiger partial charge in [0, 0.05) is 25.7 Å². The molecule has 0 saturated carbocycles. The molecular formula is C10H13N3O2. The van der Waals surface area contributed by atoms with Crippen LogP contribution in [0.15, 0.2) is 17.0 Å². The number of rotatable bonds is 1. The summed E-state index contributed by atoms with van der Waals surface area (Å²) < 4.78 is 5.02. The lowest BCUT2D eigenvalue weighted by Gasteiger charge is -2.30. The Morgan fingerprint density at radius 2 is 2.53 bits per heavy atom. The summed E-state index contributed by atoms with van der Waals surface area (Å²) in [5.74, 6) is 0.915. The lowest BCUT2D eigenvalue weighted by atomic mass is 10.00. The topological polar surface area (TPSA) is 58.4 Å². The summed E-state index contributed by atoms with van der Waals surface area (Å²) in [5, 5.41) is 3.41. The molecule has 2 aliphatic heterocycles. The second-order valence-electron chi connectivity index (χ2n) is 4.28. The highest BCUT2D eigenvalue weighted by Gasteiger charge is 2.35. The minimum absolute atomic E-state index is 0.0362. The van der Waals surface area contributed by atoms with Gasteiger partial charge >= 0.3 is 0 Å². The first-order valence-electron chi connectivity index (χ1n) is 5.24. The molecule has 5 heteroatoms. The molecule has 2 bridgehead atoms. The number of carbonyl (C=O) groups is 1. The van der Waals surface area contributed by atoms with Gasteiger partial charge in [0.1, 0.15) is 0 Å². The van der Waals surface area contributed by atoms with Crippen molar-refractivity contribution < 1.29 is 9.21 Å². The molecule has 15 heavy (non-hydrogen) atoms. The summed E-state index contributed by atoms with van der Waals surface area (Å²) in [6.07, 6.45) is 3.97. The fourth-order valence-corrected chi connectivity index (χ4v) is 2.48. The van der Waals surface area contributed by atoms with Gasteiger partial charge in [-0.25, -0.2) is 4.98 Å². The lowest BCUT2D eigenvalue weighted by molar-refractivity contribution is 0.0659. The van der Waals surface area contributed by atoms with E-state index in [2.05, 4.69) is 10.3 Å². The Kier molecular flexibility index (Phi) is 1.98. The predicted molar refractivity (Wildman–Crippen MR) is 52.3 cm³/mol. The van der Waals surface area contributed by atoms with Crippen molar-refractivity contribution >= 4 is 5.91 Å². The number of likely N-dealkylation sites (tertiary alicyclic amines) is 1. The number of aromatic nitrogens is 1. The van der Waals surface area contributed by atoms with Gasteiger partial charge in [-0.3, -0.25) is 4.79 Å². The third-order valence-electron chi connectivity index (χ3n) is 3.16. The van der Waals surface area contributed by atoms with Crippen LogP contribution in [0.25, 0.3) is 0 Å². The molecule has 0 aliphatic carbocycles. The molecule has 0 radical (unpaired) electrons. The maximum absolute atomic E-state index is 11.9. The zero-order valence-corrected chi connectivity index (χ0v) is 8.35. The van der Waals surface area contributed by atoms with Gasteiger partial charge in [0.2, 0.25) is 5.76 Å². The van der Waals surface area contributed by atoms with Crippen LogP contribution in [-0.2, 0) is 0 Å². The van der Waals surface area contributed by atoms with Crippen LogP contribution in [0, 0.1) is 5.92 Å². The summed E-state index contributed by atoms with van der Waals surface area (Å²) in [7, 11) is 0. The maximum atomic E-state index is 11.9. The van der Waals surface area contributed by atoms with Crippen molar-refractivity contribution in [2.45, 2.75) is 12.5 Å². The minimum atomic E-state index is -0.0362. The van der Waals surface area contributed by atoms with Crippen molar-refractivity contribution in [2.24, 2.45) is 5.92 Å². The number of nitrogens with zero attached hydrogens (tertiary/aromatic N) is 2. The summed E-state index contributed by atoms with van der Waals surface area (Å²) >= 11 is 0. The Labute approximate surface area is 87.5 Å². The average Bonchev–Trinajstić information content (AvgIpc) is 2.87. The van der Waals surface area contributed by atoms with Crippen molar-refractivity contribution in [3.05, 3.63) is 18.4 Å². The first-order chi connectivity index (χ1) is 7.33. The maximum Gasteiger partial charge on any atom is 0.291 e. The van der Waals surface area contributed by atoms with Gasteiger partial charge in [-0.2, -0.15) is 0 Å². The molecule has 2 unspecified atom stereocenters. The molecule has 1 aromatic rings. The molecular weight excluding hydrogens is 194 g/mol. The third kappa shape index (κ3) is 1.52. The number of nitrogens with one attached hydrogen (secondary N) is 1. The molecule has 3 heterocycles. The van der Waals surface area contributed by atoms with Gasteiger partial charge in [0.25, 0.3) is 5.91 Å². The normalized spacial score (nSPS) is 29.5. The molecule has 0 aromatic carbocycles. The molecule has 3 rings (SSSR count). The number of oxazole rings is 1. The van der Waals surface area contributed by atoms with Crippen LogP contribution in [0.5, 0.6) is 0 Å². The molecule has 2 atom stereocenters. The molecule has 80 valence electrons. The highest BCUT2D eigenvalue weighted by Crippen LogP contribution is 2.23. The van der Waals surface area contributed by atoms with E-state index in [-0.39, 0.29) is 5.91 Å². The monoisotopic (exact) mass is 207 g/mol. The Morgan fingerprint density at radius 1 is 1.60 bits per heavy atom. The summed E-state index contributed by atoms with van der Waals surface area (Å²) in [6.45, 7) is 2.66. The molecule has 5 nitrogen and oxygen atoms in total. The van der Waals surface area contributed by atoms with E-state index in [0.717, 1.165) is 19.6 Å². The van der Waals surface area contributed by atoms with E-state index < -0.39 is 0 Å². The van der Waals surface area contributed by atoms with Crippen LogP contribution >= 0.6 is 0 Å². The van der Waals surface area contributed by atoms with E-state index >= 15 is 0 Å². The fraction of sp³-hybridized carbons (Fsp3) is 0.600. The van der Waals surface area contributed by atoms with E-state index in [1.54, 1.807) is 0 Å². The van der Waals surface area contributed by atoms with Gasteiger partial charge in [-0.05, 0) is 12.3 Å². The minimum Gasteiger partial charge on any atom is -0.438 e. The zero-order chi connectivity index (χ0) is 10.3. The van der Waals surface area contributed by atoms with Crippen LogP contribution in [-0.4, -0.2) is 41.5 Å². The first kappa shape index (κ1) is 8.91. The van der Waals surface area contributed by atoms with Crippen molar-refractivity contribution in [1.29, 1.82) is 0 Å². The van der Waals surface area contributed by atoms with Crippen LogP contribution in [0.1, 0.15) is 17.0 Å². The predicted octanol–water partition coefficient (Wildman–Crippen LogP) is 0.108. The van der Waals surface area contributed by atoms with Crippen molar-refractivity contribution in [3.8, 4) is 0 Å². The van der Waals surface area contributed by atoms with E-state index in [4.69, 9.17) is 4.42 Å². The molecule has 1 amide bonds. The molecule has 2 saturated heterocycles. The van der Waals surface area contributed by atoms with Crippen molar-refractivity contribution in [2.75, 3.05) is 19.6 Å². The lowest BCUT2D eigenvalue weighted by Crippen LogP contribution is -2.44. The molecule has 1 aromatic heterocycles. The van der Waals surface area contributed by atoms with E-state index in [0.29, 0.717) is 17.7 Å². The third-order valence-corrected chi connectivity index (χ3v) is 3.16. The van der Waals surface area contributed by atoms with Crippen LogP contribution < -0.4 is 5.32 Å². The SMILES string of the molecule is O=C(c1cnco1)N1CC2CNC(C2)C1. The Hall–Kier alpha value is -1.36. The highest BCUT2D eigenvalue weighted by molar-refractivity contribution is 5.91. The van der Waals surface area contributed by atoms with Gasteiger partial charge in [-0.1, -0.05) is 0 Å². The van der Waals surface area contributed by atoms with Gasteiger partial charge in [0.05, 0.1) is 6.20 Å². The second kappa shape index (κ2) is 3.34. The summed E-state index contributed by atoms with van der Waals surface area (Å²) in [6, 6.07) is 0.468. The summed E-state index contributed by atoms with van der Waals surface area (Å²) in [4.78, 5) is 17.6. The number of hydrogen-bond acceptors (Lipinski definition) is 4. The molecule has 0 spiro atoms. The Morgan fingerprint density at radius 3 is 3.27 bits per heavy atom. The summed E-state index contributed by atoms with van der Waals surface area (Å²) in [5.41, 5.74) is 0. The number of fused-ring (bicyclic) bond motifs is 2. The highest BCUT2D eigenvalue weighted by atomic mass is 16.3. The van der Waals surface area contributed by atoms with Crippen molar-refractivity contribution in [1.82, 2.24) is 15.2 Å². The van der Waals surface area contributed by atoms with E-state index in [1.165, 1.54) is 19.0 Å². The smallest absolute Gasteiger partial charge is 0.291 e. The average molecular weight is 207 g/mol. The van der Waals surface area contributed by atoms with E-state index in [9.17, 15) is 4.79 Å². The number of carbonyl (C=O) groups excluding carboxylic acids is 1. The largest absolute Gasteiger partial charge is 0.438 e. The second-order valence-corrected chi connectivity index (χ2v) is 4.28. The number of amides is 1. The number of piperidine rings is 1. The van der Waals surface area contributed by atoms with Crippen molar-refractivity contribution in [3.63, 3.8) is 0 Å². The van der Waals surface area contributed by atoms with Crippen LogP contribution in [0.4, 0.5) is 0 Å². The molecule has 2 aliphatic rings. The Balaban J connectivity index is 1.75. The Bertz CT molecular complexity index is 351. The van der Waals surface area contributed by atoms with Gasteiger partial charge in [0.15, 0.2) is 6.39 Å². The van der Waals surface area contributed by atoms with E-state index in [1.807, 2.05) is 4.90 Å². The van der Waals surface area contributed by atoms with Gasteiger partial charge in [-0.15, -0.1) is 0 Å². The standard InChI is InChI=1S/C10H13N3O2/c14-10(9-3-11-6-15-9)13-4-7-1-8(5-13)12-2-7/h3,6-8,12H,1-2,4-5H2. The fourth-order valence-electron chi connectivity index (χ4n) is 2.48. The number of hydrogen-bond donors (Lipinski definition) is 1.